The van der Waals surface area contributed by atoms with Gasteiger partial charge in [-0.15, -0.1) is 0 Å². The third-order valence-corrected chi connectivity index (χ3v) is 0. The van der Waals surface area contributed by atoms with Crippen LogP contribution in [0.3, 0.4) is 0 Å². The summed E-state index contributed by atoms with van der Waals surface area (Å²) >= 11 is 0. The second-order valence-electron chi connectivity index (χ2n) is 0. The lowest BCUT2D eigenvalue weighted by atomic mass is 11.8. The second kappa shape index (κ2) is 154. The normalized spacial score (nSPS) is 0.444. The Labute approximate surface area is 124 Å². The minimum Gasteiger partial charge on any atom is -1.00 e. The van der Waals surface area contributed by atoms with E-state index in [0.29, 0.717) is 0 Å². The minimum absolute atomic E-state index is 0. The van der Waals surface area contributed by atoms with Gasteiger partial charge in [0.05, 0.1) is 0 Å². The minimum atomic E-state index is 0. The van der Waals surface area contributed by atoms with E-state index in [-0.39, 0.29) is 114 Å². The number of halogens is 4. The van der Waals surface area contributed by atoms with Gasteiger partial charge in [-0.25, -0.2) is 0 Å². The van der Waals surface area contributed by atoms with Crippen molar-refractivity contribution >= 4 is 6.72 Å². The van der Waals surface area contributed by atoms with Gasteiger partial charge in [0.25, 0.3) is 0 Å². The molecule has 68 valence electrons. The first-order chi connectivity index (χ1) is 1.00. The van der Waals surface area contributed by atoms with E-state index in [1.165, 1.54) is 0 Å². The highest BCUT2D eigenvalue weighted by Gasteiger charge is 0.662. The summed E-state index contributed by atoms with van der Waals surface area (Å²) < 4.78 is 0. The molecule has 0 fully saturated rings. The van der Waals surface area contributed by atoms with Crippen molar-refractivity contribution in [2.45, 2.75) is 0 Å². The van der Waals surface area contributed by atoms with Crippen LogP contribution in [-0.2, 0) is 0 Å². The molecule has 9 heavy (non-hydrogen) atoms. The Kier molecular flexibility index (Phi) is 1790. The fraction of sp³-hybridized carbons (Fsp3) is 0. The van der Waals surface area contributed by atoms with Crippen molar-refractivity contribution in [3.63, 3.8) is 0 Å². The van der Waals surface area contributed by atoms with Crippen LogP contribution in [0.5, 0.6) is 0 Å². The number of hydrogen-bond donors (Lipinski definition) is 4. The number of hydrogen-bond acceptors (Lipinski definition) is 0. The highest BCUT2D eigenvalue weighted by molar-refractivity contribution is 5.10. The first-order valence-corrected chi connectivity index (χ1v) is 0.408. The molecule has 0 aliphatic rings. The first-order valence-electron chi connectivity index (χ1n) is 0.408. The summed E-state index contributed by atoms with van der Waals surface area (Å²) in [5.41, 5.74) is 0. The Hall–Kier alpha value is 2.47. The molecule has 0 rings (SSSR count). The third-order valence-electron chi connectivity index (χ3n) is 0. The van der Waals surface area contributed by atoms with Gasteiger partial charge in [0, 0.05) is 0 Å². The van der Waals surface area contributed by atoms with E-state index < -0.39 is 0 Å². The SMILES string of the molecule is C=[NH2+].[I-].[I-].[I-].[I-].[NH4+].[NH4+].[NH4+]. The van der Waals surface area contributed by atoms with Crippen molar-refractivity contribution < 1.29 is 101 Å². The topological polar surface area (TPSA) is 135 Å². The van der Waals surface area contributed by atoms with Crippen LogP contribution >= 0.6 is 0 Å². The summed E-state index contributed by atoms with van der Waals surface area (Å²) in [5, 5.41) is 4.25. The Morgan fingerprint density at radius 1 is 0.556 bits per heavy atom. The summed E-state index contributed by atoms with van der Waals surface area (Å²) in [5.74, 6) is 0. The van der Waals surface area contributed by atoms with Gasteiger partial charge in [-0.2, -0.15) is 0 Å². The Bertz CT molecular complexity index is 12.5. The smallest absolute Gasteiger partial charge is 0.123 e. The van der Waals surface area contributed by atoms with E-state index in [1.807, 2.05) is 0 Å². The zero-order valence-corrected chi connectivity index (χ0v) is 14.4. The molecule has 0 aromatic rings. The molecule has 0 aliphatic carbocycles. The molecule has 0 saturated heterocycles. The van der Waals surface area contributed by atoms with Gasteiger partial charge in [-0.3, -0.25) is 5.41 Å². The van der Waals surface area contributed by atoms with Crippen molar-refractivity contribution in [3.8, 4) is 0 Å². The zero-order valence-electron chi connectivity index (χ0n) is 5.80. The molecule has 0 unspecified atom stereocenters. The van der Waals surface area contributed by atoms with Crippen LogP contribution in [0.15, 0.2) is 0 Å². The molecular weight excluding hydrogens is 576 g/mol. The van der Waals surface area contributed by atoms with Gasteiger partial charge in [-0.05, 0) is 0 Å². The predicted octanol–water partition coefficient (Wildman–Crippen LogP) is -12.4. The quantitative estimate of drug-likeness (QED) is 0.157. The summed E-state index contributed by atoms with van der Waals surface area (Å²) in [6.45, 7) is 2.75. The monoisotopic (exact) mass is 592 g/mol. The molecule has 0 heterocycles. The van der Waals surface area contributed by atoms with Crippen molar-refractivity contribution in [3.05, 3.63) is 0 Å². The summed E-state index contributed by atoms with van der Waals surface area (Å²) in [6, 6.07) is 0. The van der Waals surface area contributed by atoms with E-state index in [2.05, 4.69) is 12.1 Å². The number of rotatable bonds is 0. The number of quaternary nitrogens is 3. The second-order valence-corrected chi connectivity index (χ2v) is 0. The summed E-state index contributed by atoms with van der Waals surface area (Å²) in [4.78, 5) is 0. The fourth-order valence-electron chi connectivity index (χ4n) is 0. The van der Waals surface area contributed by atoms with Crippen LogP contribution < -0.4 is 120 Å². The van der Waals surface area contributed by atoms with Crippen LogP contribution in [0.4, 0.5) is 0 Å². The van der Waals surface area contributed by atoms with Gasteiger partial charge in [-0.1, -0.05) is 0 Å². The molecule has 0 radical (unpaired) electrons. The first kappa shape index (κ1) is 104. The van der Waals surface area contributed by atoms with Crippen molar-refractivity contribution in [2.75, 3.05) is 0 Å². The molecule has 0 aliphatic heterocycles. The largest absolute Gasteiger partial charge is 1.00 e. The standard InChI is InChI=1S/CH3N.4HI.3H3N/c1-2;;;;;;;/h2H,1H2;4*1H;3*1H3. The van der Waals surface area contributed by atoms with Crippen LogP contribution in [0.1, 0.15) is 0 Å². The van der Waals surface area contributed by atoms with Gasteiger partial charge >= 0.3 is 0 Å². The van der Waals surface area contributed by atoms with E-state index in [4.69, 9.17) is 0 Å². The van der Waals surface area contributed by atoms with Crippen LogP contribution in [0.2, 0.25) is 0 Å². The van der Waals surface area contributed by atoms with Crippen molar-refractivity contribution in [1.29, 1.82) is 0 Å². The molecule has 0 spiro atoms. The van der Waals surface area contributed by atoms with Gasteiger partial charge in [0.2, 0.25) is 0 Å². The molecule has 0 bridgehead atoms. The van der Waals surface area contributed by atoms with Crippen LogP contribution in [0.25, 0.3) is 0 Å². The zero-order chi connectivity index (χ0) is 2.00. The lowest BCUT2D eigenvalue weighted by Gasteiger charge is -1.00. The fourth-order valence-corrected chi connectivity index (χ4v) is 0. The Balaban J connectivity index is -0.000000000238. The molecule has 4 nitrogen and oxygen atoms in total. The molecule has 0 atom stereocenters. The average molecular weight is 592 g/mol. The van der Waals surface area contributed by atoms with Gasteiger partial charge in [0.1, 0.15) is 6.72 Å². The van der Waals surface area contributed by atoms with Gasteiger partial charge in [0.15, 0.2) is 0 Å². The molecule has 0 amide bonds. The average Bonchev–Trinajstić information content (AvgIpc) is 1.00. The molecule has 0 saturated carbocycles. The Morgan fingerprint density at radius 2 is 0.556 bits per heavy atom. The van der Waals surface area contributed by atoms with Gasteiger partial charge < -0.3 is 114 Å². The highest BCUT2D eigenvalue weighted by Crippen LogP contribution is -0.0193. The van der Waals surface area contributed by atoms with E-state index in [0.717, 1.165) is 0 Å². The molecule has 0 aromatic heterocycles. The van der Waals surface area contributed by atoms with E-state index >= 15 is 0 Å². The highest BCUT2D eigenvalue weighted by atomic mass is 127. The maximum atomic E-state index is 4.25. The molecule has 8 heteroatoms. The van der Waals surface area contributed by atoms with Crippen molar-refractivity contribution in [2.24, 2.45) is 0 Å². The van der Waals surface area contributed by atoms with Crippen molar-refractivity contribution in [1.82, 2.24) is 18.5 Å². The van der Waals surface area contributed by atoms with Crippen LogP contribution in [-0.4, -0.2) is 6.72 Å². The number of nitrogens with two attached hydrogens (primary N) is 1. The maximum absolute atomic E-state index is 4.25. The lowest BCUT2D eigenvalue weighted by molar-refractivity contribution is -0.0980. The third kappa shape index (κ3) is 123. The maximum Gasteiger partial charge on any atom is 0.123 e. The lowest BCUT2D eigenvalue weighted by Crippen LogP contribution is -3.00. The molecule has 14 N–H and O–H groups in total. The van der Waals surface area contributed by atoms with E-state index in [1.54, 1.807) is 0 Å². The van der Waals surface area contributed by atoms with E-state index in [9.17, 15) is 0 Å². The predicted molar refractivity (Wildman–Crippen MR) is 27.0 cm³/mol. The molecular formula is CH16I4N4. The molecule has 0 aromatic carbocycles. The summed E-state index contributed by atoms with van der Waals surface area (Å²) in [6.07, 6.45) is 0. The Morgan fingerprint density at radius 3 is 0.556 bits per heavy atom. The van der Waals surface area contributed by atoms with Crippen LogP contribution in [0, 0.1) is 0 Å². The summed E-state index contributed by atoms with van der Waals surface area (Å²) in [7, 11) is 0.